The third-order valence-electron chi connectivity index (χ3n) is 4.81. The molecule has 4 heteroatoms. The number of benzene rings is 2. The third-order valence-corrected chi connectivity index (χ3v) is 4.81. The number of para-hydroxylation sites is 1. The van der Waals surface area contributed by atoms with Crippen LogP contribution in [0.4, 0.5) is 5.69 Å². The van der Waals surface area contributed by atoms with E-state index in [9.17, 15) is 4.79 Å². The van der Waals surface area contributed by atoms with E-state index in [0.29, 0.717) is 12.2 Å². The van der Waals surface area contributed by atoms with E-state index in [1.54, 1.807) is 19.1 Å². The first-order valence-electron chi connectivity index (χ1n) is 9.63. The number of aromatic nitrogens is 1. The van der Waals surface area contributed by atoms with Gasteiger partial charge in [0.15, 0.2) is 0 Å². The molecule has 1 aromatic heterocycles. The summed E-state index contributed by atoms with van der Waals surface area (Å²) >= 11 is 0. The Hall–Kier alpha value is -3.14. The topological polar surface area (TPSA) is 43.6 Å². The Labute approximate surface area is 166 Å². The summed E-state index contributed by atoms with van der Waals surface area (Å²) in [6.07, 6.45) is 2.87. The van der Waals surface area contributed by atoms with Crippen molar-refractivity contribution in [3.05, 3.63) is 82.7 Å². The molecular weight excluding hydrogens is 348 g/mol. The van der Waals surface area contributed by atoms with Crippen molar-refractivity contribution in [2.24, 2.45) is 4.99 Å². The molecule has 0 saturated carbocycles. The molecule has 0 amide bonds. The van der Waals surface area contributed by atoms with Gasteiger partial charge < -0.3 is 9.30 Å². The van der Waals surface area contributed by atoms with Crippen molar-refractivity contribution in [1.82, 2.24) is 4.57 Å². The summed E-state index contributed by atoms with van der Waals surface area (Å²) in [7, 11) is 0. The highest BCUT2D eigenvalue weighted by Crippen LogP contribution is 2.24. The Balaban J connectivity index is 1.87. The molecule has 3 aromatic rings. The van der Waals surface area contributed by atoms with Crippen LogP contribution in [0.2, 0.25) is 0 Å². The Morgan fingerprint density at radius 2 is 1.79 bits per heavy atom. The molecule has 0 bridgehead atoms. The number of rotatable bonds is 6. The van der Waals surface area contributed by atoms with E-state index in [4.69, 9.17) is 4.74 Å². The number of nitrogens with zero attached hydrogens (tertiary/aromatic N) is 2. The van der Waals surface area contributed by atoms with Crippen molar-refractivity contribution < 1.29 is 9.53 Å². The Kier molecular flexibility index (Phi) is 6.09. The minimum Gasteiger partial charge on any atom is -0.462 e. The summed E-state index contributed by atoms with van der Waals surface area (Å²) < 4.78 is 7.29. The Bertz CT molecular complexity index is 998. The minimum absolute atomic E-state index is 0.309. The van der Waals surface area contributed by atoms with Gasteiger partial charge in [-0.15, -0.1) is 0 Å². The van der Waals surface area contributed by atoms with Crippen molar-refractivity contribution in [1.29, 1.82) is 0 Å². The first-order valence-corrected chi connectivity index (χ1v) is 9.63. The van der Waals surface area contributed by atoms with Crippen LogP contribution in [0.1, 0.15) is 46.7 Å². The van der Waals surface area contributed by atoms with Gasteiger partial charge in [0.1, 0.15) is 0 Å². The van der Waals surface area contributed by atoms with Gasteiger partial charge in [-0.05, 0) is 69.2 Å². The molecule has 3 rings (SSSR count). The fraction of sp³-hybridized carbons (Fsp3) is 0.250. The number of aryl methyl sites for hydroxylation is 2. The second-order valence-electron chi connectivity index (χ2n) is 6.67. The predicted octanol–water partition coefficient (Wildman–Crippen LogP) is 5.58. The number of carbonyl (C=O) groups excluding carboxylic acids is 1. The molecule has 0 unspecified atom stereocenters. The van der Waals surface area contributed by atoms with Gasteiger partial charge in [0.25, 0.3) is 0 Å². The molecule has 0 aliphatic rings. The summed E-state index contributed by atoms with van der Waals surface area (Å²) in [6.45, 7) is 8.58. The second-order valence-corrected chi connectivity index (χ2v) is 6.67. The van der Waals surface area contributed by atoms with Gasteiger partial charge in [0, 0.05) is 28.9 Å². The highest BCUT2D eigenvalue weighted by atomic mass is 16.5. The van der Waals surface area contributed by atoms with Gasteiger partial charge in [-0.2, -0.15) is 0 Å². The lowest BCUT2D eigenvalue weighted by Gasteiger charge is -2.13. The van der Waals surface area contributed by atoms with Crippen molar-refractivity contribution in [2.45, 2.75) is 34.1 Å². The van der Waals surface area contributed by atoms with E-state index < -0.39 is 0 Å². The van der Waals surface area contributed by atoms with Crippen LogP contribution in [-0.4, -0.2) is 23.4 Å². The van der Waals surface area contributed by atoms with Crippen LogP contribution in [0.5, 0.6) is 0 Å². The number of hydrogen-bond acceptors (Lipinski definition) is 3. The van der Waals surface area contributed by atoms with E-state index in [2.05, 4.69) is 60.7 Å². The molecule has 0 atom stereocenters. The van der Waals surface area contributed by atoms with Crippen molar-refractivity contribution in [3.8, 4) is 5.69 Å². The maximum Gasteiger partial charge on any atom is 0.338 e. The van der Waals surface area contributed by atoms with Crippen LogP contribution in [-0.2, 0) is 11.2 Å². The summed E-state index contributed by atoms with van der Waals surface area (Å²) in [5.74, 6) is -0.309. The largest absolute Gasteiger partial charge is 0.462 e. The number of aliphatic imine (C=N–C) groups is 1. The first-order chi connectivity index (χ1) is 13.5. The van der Waals surface area contributed by atoms with Crippen LogP contribution in [0.3, 0.4) is 0 Å². The van der Waals surface area contributed by atoms with Gasteiger partial charge >= 0.3 is 5.97 Å². The number of ether oxygens (including phenoxy) is 1. The highest BCUT2D eigenvalue weighted by Gasteiger charge is 2.12. The van der Waals surface area contributed by atoms with Gasteiger partial charge in [-0.1, -0.05) is 25.1 Å². The fourth-order valence-electron chi connectivity index (χ4n) is 3.36. The lowest BCUT2D eigenvalue weighted by atomic mass is 10.1. The van der Waals surface area contributed by atoms with Crippen LogP contribution >= 0.6 is 0 Å². The van der Waals surface area contributed by atoms with Gasteiger partial charge in [0.2, 0.25) is 0 Å². The fourth-order valence-corrected chi connectivity index (χ4v) is 3.36. The molecule has 0 fully saturated rings. The van der Waals surface area contributed by atoms with Gasteiger partial charge in [-0.3, -0.25) is 4.99 Å². The van der Waals surface area contributed by atoms with E-state index in [-0.39, 0.29) is 5.97 Å². The molecule has 28 heavy (non-hydrogen) atoms. The van der Waals surface area contributed by atoms with Crippen LogP contribution in [0, 0.1) is 13.8 Å². The summed E-state index contributed by atoms with van der Waals surface area (Å²) in [5, 5.41) is 0. The molecule has 0 aliphatic carbocycles. The standard InChI is InChI=1S/C24H26N2O2/c1-5-19-9-7-8-10-23(19)26-17(3)15-21(18(26)4)16-25-22-13-11-20(12-14-22)24(27)28-6-2/h7-16H,5-6H2,1-4H3. The van der Waals surface area contributed by atoms with E-state index in [1.807, 2.05) is 18.3 Å². The Morgan fingerprint density at radius 1 is 1.07 bits per heavy atom. The molecule has 144 valence electrons. The smallest absolute Gasteiger partial charge is 0.338 e. The molecule has 2 aromatic carbocycles. The van der Waals surface area contributed by atoms with Gasteiger partial charge in [-0.25, -0.2) is 4.79 Å². The quantitative estimate of drug-likeness (QED) is 0.417. The summed E-state index contributed by atoms with van der Waals surface area (Å²) in [6, 6.07) is 17.8. The average Bonchev–Trinajstić information content (AvgIpc) is 3.00. The van der Waals surface area contributed by atoms with Crippen LogP contribution < -0.4 is 0 Å². The van der Waals surface area contributed by atoms with Gasteiger partial charge in [0.05, 0.1) is 17.9 Å². The molecule has 1 heterocycles. The second kappa shape index (κ2) is 8.70. The predicted molar refractivity (Wildman–Crippen MR) is 114 cm³/mol. The third kappa shape index (κ3) is 4.06. The average molecular weight is 374 g/mol. The first kappa shape index (κ1) is 19.6. The van der Waals surface area contributed by atoms with E-state index in [0.717, 1.165) is 23.4 Å². The molecule has 0 aliphatic heterocycles. The van der Waals surface area contributed by atoms with Crippen LogP contribution in [0.25, 0.3) is 5.69 Å². The molecule has 0 radical (unpaired) electrons. The normalized spacial score (nSPS) is 11.1. The molecule has 4 nitrogen and oxygen atoms in total. The highest BCUT2D eigenvalue weighted by molar-refractivity contribution is 5.90. The SMILES string of the molecule is CCOC(=O)c1ccc(N=Cc2cc(C)n(-c3ccccc3CC)c2C)cc1. The zero-order valence-electron chi connectivity index (χ0n) is 16.9. The summed E-state index contributed by atoms with van der Waals surface area (Å²) in [4.78, 5) is 16.3. The van der Waals surface area contributed by atoms with E-state index >= 15 is 0 Å². The monoisotopic (exact) mass is 374 g/mol. The molecule has 0 N–H and O–H groups in total. The maximum absolute atomic E-state index is 11.7. The molecular formula is C24H26N2O2. The lowest BCUT2D eigenvalue weighted by molar-refractivity contribution is 0.0526. The zero-order valence-corrected chi connectivity index (χ0v) is 16.9. The van der Waals surface area contributed by atoms with Crippen molar-refractivity contribution in [3.63, 3.8) is 0 Å². The summed E-state index contributed by atoms with van der Waals surface area (Å²) in [5.41, 5.74) is 7.29. The molecule has 0 saturated heterocycles. The number of hydrogen-bond donors (Lipinski definition) is 0. The maximum atomic E-state index is 11.7. The number of esters is 1. The Morgan fingerprint density at radius 3 is 2.46 bits per heavy atom. The van der Waals surface area contributed by atoms with Crippen LogP contribution in [0.15, 0.2) is 59.6 Å². The van der Waals surface area contributed by atoms with E-state index in [1.165, 1.54) is 16.9 Å². The number of carbonyl (C=O) groups is 1. The van der Waals surface area contributed by atoms with Crippen molar-refractivity contribution in [2.75, 3.05) is 6.61 Å². The molecule has 0 spiro atoms. The zero-order chi connectivity index (χ0) is 20.1. The lowest BCUT2D eigenvalue weighted by Crippen LogP contribution is -2.03. The minimum atomic E-state index is -0.309. The van der Waals surface area contributed by atoms with Crippen molar-refractivity contribution >= 4 is 17.9 Å².